The predicted octanol–water partition coefficient (Wildman–Crippen LogP) is 8.26. The fourth-order valence-corrected chi connectivity index (χ4v) is 4.46. The summed E-state index contributed by atoms with van der Waals surface area (Å²) >= 11 is 5.81. The number of carbonyl (C=O) groups is 1. The van der Waals surface area contributed by atoms with E-state index in [1.54, 1.807) is 6.26 Å². The Morgan fingerprint density at radius 1 is 1.11 bits per heavy atom. The summed E-state index contributed by atoms with van der Waals surface area (Å²) < 4.78 is 26.1. The summed E-state index contributed by atoms with van der Waals surface area (Å²) in [7, 11) is 0. The minimum atomic E-state index is -0.597. The second-order valence-electron chi connectivity index (χ2n) is 8.60. The zero-order chi connectivity index (χ0) is 25.3. The number of ether oxygens (including phenoxy) is 1. The van der Waals surface area contributed by atoms with Crippen LogP contribution < -0.4 is 10.1 Å². The first-order valence-electron chi connectivity index (χ1n) is 11.4. The molecule has 0 fully saturated rings. The van der Waals surface area contributed by atoms with Crippen molar-refractivity contribution in [2.45, 2.75) is 34.6 Å². The van der Waals surface area contributed by atoms with Crippen LogP contribution >= 0.6 is 11.6 Å². The SMILES string of the molecule is CCOc1c(/C(C)=C/C(=O)Nc2ccc(Cl)cc2F)cc2c(-c3ccc(C)cc3C)coc2c1C. The van der Waals surface area contributed by atoms with Crippen molar-refractivity contribution >= 4 is 39.7 Å². The Morgan fingerprint density at radius 2 is 1.89 bits per heavy atom. The van der Waals surface area contributed by atoms with Gasteiger partial charge in [0.1, 0.15) is 17.1 Å². The summed E-state index contributed by atoms with van der Waals surface area (Å²) in [5.41, 5.74) is 7.52. The van der Waals surface area contributed by atoms with Crippen molar-refractivity contribution in [3.05, 3.63) is 87.9 Å². The molecule has 0 saturated carbocycles. The summed E-state index contributed by atoms with van der Waals surface area (Å²) in [6.07, 6.45) is 3.21. The Labute approximate surface area is 209 Å². The zero-order valence-electron chi connectivity index (χ0n) is 20.4. The van der Waals surface area contributed by atoms with E-state index in [1.807, 2.05) is 26.8 Å². The van der Waals surface area contributed by atoms with E-state index in [9.17, 15) is 9.18 Å². The number of hydrogen-bond donors (Lipinski definition) is 1. The lowest BCUT2D eigenvalue weighted by Crippen LogP contribution is -2.10. The minimum absolute atomic E-state index is 0.0621. The van der Waals surface area contributed by atoms with Crippen LogP contribution in [0.3, 0.4) is 0 Å². The van der Waals surface area contributed by atoms with Gasteiger partial charge < -0.3 is 14.5 Å². The number of amides is 1. The van der Waals surface area contributed by atoms with Crippen molar-refractivity contribution < 1.29 is 18.3 Å². The number of benzene rings is 3. The largest absolute Gasteiger partial charge is 0.493 e. The minimum Gasteiger partial charge on any atom is -0.493 e. The number of furan rings is 1. The molecule has 1 N–H and O–H groups in total. The van der Waals surface area contributed by atoms with Crippen molar-refractivity contribution in [1.82, 2.24) is 0 Å². The Hall–Kier alpha value is -3.57. The van der Waals surface area contributed by atoms with Gasteiger partial charge in [-0.3, -0.25) is 4.79 Å². The summed E-state index contributed by atoms with van der Waals surface area (Å²) in [6, 6.07) is 12.4. The lowest BCUT2D eigenvalue weighted by Gasteiger charge is -2.15. The summed E-state index contributed by atoms with van der Waals surface area (Å²) in [5, 5.41) is 3.77. The van der Waals surface area contributed by atoms with Crippen molar-refractivity contribution in [1.29, 1.82) is 0 Å². The third-order valence-corrected chi connectivity index (χ3v) is 6.20. The van der Waals surface area contributed by atoms with E-state index in [1.165, 1.54) is 23.8 Å². The molecule has 0 spiro atoms. The highest BCUT2D eigenvalue weighted by atomic mass is 35.5. The molecule has 4 nitrogen and oxygen atoms in total. The van der Waals surface area contributed by atoms with E-state index in [0.29, 0.717) is 17.9 Å². The number of anilines is 1. The fourth-order valence-electron chi connectivity index (χ4n) is 4.30. The molecule has 6 heteroatoms. The van der Waals surface area contributed by atoms with Crippen LogP contribution in [0.25, 0.3) is 27.7 Å². The molecule has 4 aromatic rings. The van der Waals surface area contributed by atoms with Crippen LogP contribution in [0.2, 0.25) is 5.02 Å². The van der Waals surface area contributed by atoms with E-state index < -0.39 is 11.7 Å². The summed E-state index contributed by atoms with van der Waals surface area (Å²) in [5.74, 6) is -0.396. The monoisotopic (exact) mass is 491 g/mol. The summed E-state index contributed by atoms with van der Waals surface area (Å²) in [6.45, 7) is 10.3. The van der Waals surface area contributed by atoms with Crippen LogP contribution in [-0.4, -0.2) is 12.5 Å². The number of allylic oxidation sites excluding steroid dienone is 1. The Bertz CT molecular complexity index is 1470. The maximum absolute atomic E-state index is 14.1. The number of hydrogen-bond acceptors (Lipinski definition) is 3. The van der Waals surface area contributed by atoms with Gasteiger partial charge in [0, 0.05) is 33.2 Å². The molecule has 4 rings (SSSR count). The lowest BCUT2D eigenvalue weighted by molar-refractivity contribution is -0.111. The molecule has 0 unspecified atom stereocenters. The van der Waals surface area contributed by atoms with Crippen molar-refractivity contribution in [2.24, 2.45) is 0 Å². The second-order valence-corrected chi connectivity index (χ2v) is 9.03. The van der Waals surface area contributed by atoms with Crippen molar-refractivity contribution in [3.8, 4) is 16.9 Å². The van der Waals surface area contributed by atoms with Gasteiger partial charge in [-0.25, -0.2) is 4.39 Å². The molecule has 1 heterocycles. The van der Waals surface area contributed by atoms with Crippen LogP contribution in [0.15, 0.2) is 59.2 Å². The van der Waals surface area contributed by atoms with Crippen molar-refractivity contribution in [2.75, 3.05) is 11.9 Å². The fraction of sp³-hybridized carbons (Fsp3) is 0.207. The first kappa shape index (κ1) is 24.6. The number of carbonyl (C=O) groups excluding carboxylic acids is 1. The molecule has 0 aliphatic rings. The van der Waals surface area contributed by atoms with Gasteiger partial charge in [-0.05, 0) is 75.6 Å². The molecule has 1 amide bonds. The predicted molar refractivity (Wildman–Crippen MR) is 141 cm³/mol. The molecular formula is C29H27ClFNO3. The average Bonchev–Trinajstić information content (AvgIpc) is 3.21. The van der Waals surface area contributed by atoms with Gasteiger partial charge in [-0.15, -0.1) is 0 Å². The smallest absolute Gasteiger partial charge is 0.248 e. The first-order chi connectivity index (χ1) is 16.7. The second kappa shape index (κ2) is 9.96. The Kier molecular flexibility index (Phi) is 6.99. The molecule has 0 atom stereocenters. The lowest BCUT2D eigenvalue weighted by atomic mass is 9.94. The quantitative estimate of drug-likeness (QED) is 0.276. The van der Waals surface area contributed by atoms with Crippen molar-refractivity contribution in [3.63, 3.8) is 0 Å². The van der Waals surface area contributed by atoms with Gasteiger partial charge in [-0.2, -0.15) is 0 Å². The van der Waals surface area contributed by atoms with E-state index >= 15 is 0 Å². The van der Waals surface area contributed by atoms with Crippen LogP contribution in [0.4, 0.5) is 10.1 Å². The Morgan fingerprint density at radius 3 is 2.57 bits per heavy atom. The topological polar surface area (TPSA) is 51.5 Å². The first-order valence-corrected chi connectivity index (χ1v) is 11.8. The summed E-state index contributed by atoms with van der Waals surface area (Å²) in [4.78, 5) is 12.7. The Balaban J connectivity index is 1.80. The number of rotatable bonds is 6. The molecule has 0 aliphatic heterocycles. The molecule has 35 heavy (non-hydrogen) atoms. The van der Waals surface area contributed by atoms with Gasteiger partial charge in [0.2, 0.25) is 5.91 Å². The molecular weight excluding hydrogens is 465 g/mol. The van der Waals surface area contributed by atoms with Crippen LogP contribution in [0.1, 0.15) is 36.1 Å². The van der Waals surface area contributed by atoms with Crippen LogP contribution in [0, 0.1) is 26.6 Å². The highest BCUT2D eigenvalue weighted by molar-refractivity contribution is 6.30. The number of halogens is 2. The van der Waals surface area contributed by atoms with Gasteiger partial charge in [0.05, 0.1) is 18.6 Å². The van der Waals surface area contributed by atoms with Gasteiger partial charge in [0.15, 0.2) is 0 Å². The van der Waals surface area contributed by atoms with Crippen LogP contribution in [0.5, 0.6) is 5.75 Å². The third kappa shape index (κ3) is 4.96. The number of nitrogens with one attached hydrogen (secondary N) is 1. The van der Waals surface area contributed by atoms with Gasteiger partial charge in [0.25, 0.3) is 0 Å². The maximum Gasteiger partial charge on any atom is 0.248 e. The molecule has 0 aliphatic carbocycles. The third-order valence-electron chi connectivity index (χ3n) is 5.97. The molecule has 0 saturated heterocycles. The molecule has 1 aromatic heterocycles. The average molecular weight is 492 g/mol. The highest BCUT2D eigenvalue weighted by Crippen LogP contribution is 2.41. The normalized spacial score (nSPS) is 11.7. The van der Waals surface area contributed by atoms with E-state index in [-0.39, 0.29) is 10.7 Å². The molecule has 0 radical (unpaired) electrons. The van der Waals surface area contributed by atoms with Gasteiger partial charge >= 0.3 is 0 Å². The maximum atomic E-state index is 14.1. The van der Waals surface area contributed by atoms with E-state index in [0.717, 1.165) is 44.9 Å². The van der Waals surface area contributed by atoms with E-state index in [2.05, 4.69) is 37.4 Å². The molecule has 0 bridgehead atoms. The molecule has 3 aromatic carbocycles. The standard InChI is InChI=1S/C29H27ClFNO3/c1-6-34-28-19(5)29-23(24(15-35-29)21-9-7-16(2)11-17(21)3)14-22(28)18(4)12-27(33)32-26-10-8-20(30)13-25(26)31/h7-15H,6H2,1-5H3,(H,32,33)/b18-12+. The van der Waals surface area contributed by atoms with Crippen LogP contribution in [-0.2, 0) is 4.79 Å². The molecule has 180 valence electrons. The highest BCUT2D eigenvalue weighted by Gasteiger charge is 2.20. The van der Waals surface area contributed by atoms with E-state index in [4.69, 9.17) is 20.8 Å². The number of aryl methyl sites for hydroxylation is 3. The van der Waals surface area contributed by atoms with Gasteiger partial charge in [-0.1, -0.05) is 35.4 Å². The zero-order valence-corrected chi connectivity index (χ0v) is 21.1. The number of fused-ring (bicyclic) bond motifs is 1.